The highest BCUT2D eigenvalue weighted by Gasteiger charge is 2.51. The molecule has 2 N–H and O–H groups in total. The Labute approximate surface area is 144 Å². The van der Waals surface area contributed by atoms with Gasteiger partial charge in [0.1, 0.15) is 5.41 Å². The zero-order chi connectivity index (χ0) is 17.4. The number of carbonyl (C=O) groups is 1. The van der Waals surface area contributed by atoms with Gasteiger partial charge in [-0.05, 0) is 30.9 Å². The minimum absolute atomic E-state index is 0.290. The molecule has 0 unspecified atom stereocenters. The molecule has 2 fully saturated rings. The van der Waals surface area contributed by atoms with Crippen LogP contribution in [0.3, 0.4) is 0 Å². The Hall–Kier alpha value is -2.19. The molecule has 0 radical (unpaired) electrons. The van der Waals surface area contributed by atoms with Gasteiger partial charge >= 0.3 is 5.97 Å². The smallest absolute Gasteiger partial charge is 0.313 e. The van der Waals surface area contributed by atoms with Crippen LogP contribution in [-0.2, 0) is 11.3 Å². The standard InChI is InChI=1S/C17H21N3O5/c21-13-5-6-20(10-17(13,16(22)23)8-11-3-4-11)9-14-18-15(19-25-14)12-2-1-7-24-12/h1-2,7,11,13,21H,3-6,8-10H2,(H,22,23)/t13-,17+/m0/s1. The molecule has 1 aliphatic carbocycles. The molecule has 2 aromatic rings. The number of furan rings is 1. The molecule has 2 aliphatic rings. The molecule has 1 saturated carbocycles. The number of nitrogens with zero attached hydrogens (tertiary/aromatic N) is 3. The van der Waals surface area contributed by atoms with E-state index < -0.39 is 17.5 Å². The van der Waals surface area contributed by atoms with Gasteiger partial charge in [-0.15, -0.1) is 0 Å². The van der Waals surface area contributed by atoms with Crippen LogP contribution in [0.15, 0.2) is 27.3 Å². The maximum Gasteiger partial charge on any atom is 0.313 e. The van der Waals surface area contributed by atoms with Gasteiger partial charge in [0.25, 0.3) is 0 Å². The fourth-order valence-corrected chi connectivity index (χ4v) is 3.65. The van der Waals surface area contributed by atoms with Crippen molar-refractivity contribution in [3.05, 3.63) is 24.3 Å². The summed E-state index contributed by atoms with van der Waals surface area (Å²) >= 11 is 0. The summed E-state index contributed by atoms with van der Waals surface area (Å²) < 4.78 is 10.5. The SMILES string of the molecule is O=C(O)[C@]1(CC2CC2)CN(Cc2nc(-c3ccco3)no2)CC[C@@H]1O. The van der Waals surface area contributed by atoms with E-state index >= 15 is 0 Å². The molecule has 2 aromatic heterocycles. The van der Waals surface area contributed by atoms with Gasteiger partial charge < -0.3 is 19.2 Å². The lowest BCUT2D eigenvalue weighted by Gasteiger charge is -2.43. The van der Waals surface area contributed by atoms with Crippen LogP contribution in [0.2, 0.25) is 0 Å². The van der Waals surface area contributed by atoms with Crippen LogP contribution in [-0.4, -0.2) is 50.4 Å². The Morgan fingerprint density at radius 1 is 1.40 bits per heavy atom. The maximum atomic E-state index is 12.0. The summed E-state index contributed by atoms with van der Waals surface area (Å²) in [6.45, 7) is 1.25. The highest BCUT2D eigenvalue weighted by atomic mass is 16.5. The van der Waals surface area contributed by atoms with E-state index in [0.717, 1.165) is 12.8 Å². The third-order valence-corrected chi connectivity index (χ3v) is 5.21. The first-order valence-corrected chi connectivity index (χ1v) is 8.57. The van der Waals surface area contributed by atoms with E-state index in [-0.39, 0.29) is 0 Å². The van der Waals surface area contributed by atoms with Crippen LogP contribution in [0.1, 0.15) is 31.6 Å². The molecule has 25 heavy (non-hydrogen) atoms. The van der Waals surface area contributed by atoms with Gasteiger partial charge in [0.2, 0.25) is 11.7 Å². The summed E-state index contributed by atoms with van der Waals surface area (Å²) in [5.41, 5.74) is -1.11. The molecule has 1 aliphatic heterocycles. The largest absolute Gasteiger partial charge is 0.481 e. The van der Waals surface area contributed by atoms with Gasteiger partial charge in [-0.2, -0.15) is 4.98 Å². The van der Waals surface area contributed by atoms with Gasteiger partial charge in [-0.25, -0.2) is 0 Å². The molecule has 0 aromatic carbocycles. The number of aliphatic hydroxyl groups excluding tert-OH is 1. The van der Waals surface area contributed by atoms with Gasteiger partial charge in [-0.1, -0.05) is 18.0 Å². The Morgan fingerprint density at radius 3 is 2.92 bits per heavy atom. The number of piperidine rings is 1. The van der Waals surface area contributed by atoms with Crippen molar-refractivity contribution in [2.24, 2.45) is 11.3 Å². The summed E-state index contributed by atoms with van der Waals surface area (Å²) in [5.74, 6) is 0.809. The molecule has 134 valence electrons. The number of carboxylic acids is 1. The molecule has 4 rings (SSSR count). The van der Waals surface area contributed by atoms with E-state index in [1.807, 2.05) is 4.90 Å². The number of hydrogen-bond acceptors (Lipinski definition) is 7. The first kappa shape index (κ1) is 16.3. The summed E-state index contributed by atoms with van der Waals surface area (Å²) in [5, 5.41) is 24.1. The van der Waals surface area contributed by atoms with E-state index in [2.05, 4.69) is 10.1 Å². The van der Waals surface area contributed by atoms with Gasteiger partial charge in [-0.3, -0.25) is 9.69 Å². The lowest BCUT2D eigenvalue weighted by molar-refractivity contribution is -0.165. The number of aliphatic hydroxyl groups is 1. The van der Waals surface area contributed by atoms with Gasteiger partial charge in [0.15, 0.2) is 5.76 Å². The van der Waals surface area contributed by atoms with E-state index in [1.165, 1.54) is 6.26 Å². The topological polar surface area (TPSA) is 113 Å². The molecule has 0 bridgehead atoms. The fraction of sp³-hybridized carbons (Fsp3) is 0.588. The number of carboxylic acid groups (broad SMARTS) is 1. The number of rotatable bonds is 6. The van der Waals surface area contributed by atoms with Crippen LogP contribution in [0.25, 0.3) is 11.6 Å². The first-order valence-electron chi connectivity index (χ1n) is 8.57. The van der Waals surface area contributed by atoms with Crippen molar-refractivity contribution < 1.29 is 23.9 Å². The van der Waals surface area contributed by atoms with Crippen LogP contribution < -0.4 is 0 Å². The third-order valence-electron chi connectivity index (χ3n) is 5.21. The van der Waals surface area contributed by atoms with Gasteiger partial charge in [0, 0.05) is 13.1 Å². The van der Waals surface area contributed by atoms with Crippen LogP contribution in [0.5, 0.6) is 0 Å². The number of hydrogen-bond donors (Lipinski definition) is 2. The Kier molecular flexibility index (Phi) is 4.09. The predicted octanol–water partition coefficient (Wildman–Crippen LogP) is 1.77. The van der Waals surface area contributed by atoms with Crippen LogP contribution in [0, 0.1) is 11.3 Å². The zero-order valence-corrected chi connectivity index (χ0v) is 13.8. The van der Waals surface area contributed by atoms with Crippen molar-refractivity contribution in [3.63, 3.8) is 0 Å². The monoisotopic (exact) mass is 347 g/mol. The normalized spacial score (nSPS) is 27.5. The van der Waals surface area contributed by atoms with Crippen molar-refractivity contribution in [1.82, 2.24) is 15.0 Å². The molecule has 0 amide bonds. The lowest BCUT2D eigenvalue weighted by Crippen LogP contribution is -2.56. The zero-order valence-electron chi connectivity index (χ0n) is 13.8. The summed E-state index contributed by atoms with van der Waals surface area (Å²) in [4.78, 5) is 18.2. The van der Waals surface area contributed by atoms with Gasteiger partial charge in [0.05, 0.1) is 18.9 Å². The minimum Gasteiger partial charge on any atom is -0.481 e. The highest BCUT2D eigenvalue weighted by molar-refractivity contribution is 5.76. The number of likely N-dealkylation sites (tertiary alicyclic amines) is 1. The second-order valence-corrected chi connectivity index (χ2v) is 7.11. The van der Waals surface area contributed by atoms with E-state index in [0.29, 0.717) is 55.9 Å². The summed E-state index contributed by atoms with van der Waals surface area (Å²) in [6, 6.07) is 3.49. The molecular formula is C17H21N3O5. The number of aromatic nitrogens is 2. The third kappa shape index (κ3) is 3.19. The average molecular weight is 347 g/mol. The Morgan fingerprint density at radius 2 is 2.24 bits per heavy atom. The molecule has 0 spiro atoms. The fourth-order valence-electron chi connectivity index (χ4n) is 3.65. The Balaban J connectivity index is 1.48. The number of aliphatic carboxylic acids is 1. The average Bonchev–Trinajstić information content (AvgIpc) is 3.05. The van der Waals surface area contributed by atoms with E-state index in [4.69, 9.17) is 8.94 Å². The maximum absolute atomic E-state index is 12.0. The lowest BCUT2D eigenvalue weighted by atomic mass is 9.73. The summed E-state index contributed by atoms with van der Waals surface area (Å²) in [7, 11) is 0. The van der Waals surface area contributed by atoms with E-state index in [9.17, 15) is 15.0 Å². The quantitative estimate of drug-likeness (QED) is 0.813. The second-order valence-electron chi connectivity index (χ2n) is 7.11. The second kappa shape index (κ2) is 6.27. The summed E-state index contributed by atoms with van der Waals surface area (Å²) in [6.07, 6.45) is 3.79. The Bertz CT molecular complexity index is 739. The van der Waals surface area contributed by atoms with Crippen molar-refractivity contribution in [2.75, 3.05) is 13.1 Å². The molecule has 8 nitrogen and oxygen atoms in total. The van der Waals surface area contributed by atoms with Crippen molar-refractivity contribution in [1.29, 1.82) is 0 Å². The molecular weight excluding hydrogens is 326 g/mol. The molecule has 3 heterocycles. The van der Waals surface area contributed by atoms with Crippen molar-refractivity contribution >= 4 is 5.97 Å². The minimum atomic E-state index is -1.11. The van der Waals surface area contributed by atoms with Crippen molar-refractivity contribution in [3.8, 4) is 11.6 Å². The first-order chi connectivity index (χ1) is 12.1. The van der Waals surface area contributed by atoms with Crippen LogP contribution >= 0.6 is 0 Å². The molecule has 1 saturated heterocycles. The molecule has 2 atom stereocenters. The molecule has 8 heteroatoms. The van der Waals surface area contributed by atoms with E-state index in [1.54, 1.807) is 12.1 Å². The van der Waals surface area contributed by atoms with Crippen LogP contribution in [0.4, 0.5) is 0 Å². The predicted molar refractivity (Wildman–Crippen MR) is 85.3 cm³/mol. The van der Waals surface area contributed by atoms with Crippen molar-refractivity contribution in [2.45, 2.75) is 38.3 Å². The highest BCUT2D eigenvalue weighted by Crippen LogP contribution is 2.45.